The minimum absolute atomic E-state index is 0.0918. The third kappa shape index (κ3) is 8.25. The highest BCUT2D eigenvalue weighted by atomic mass is 16.4. The number of hydrogen-bond acceptors (Lipinski definition) is 14. The fourth-order valence-electron chi connectivity index (χ4n) is 7.95. The summed E-state index contributed by atoms with van der Waals surface area (Å²) in [6.45, 7) is 3.05. The Kier molecular flexibility index (Phi) is 14.6. The maximum atomic E-state index is 15.7. The third-order valence-corrected chi connectivity index (χ3v) is 11.6. The molecule has 0 aliphatic rings. The van der Waals surface area contributed by atoms with E-state index >= 15 is 14.4 Å². The molecule has 4 rings (SSSR count). The topological polar surface area (TPSA) is 351 Å². The van der Waals surface area contributed by atoms with E-state index in [0.29, 0.717) is 32.9 Å². The molecule has 318 valence electrons. The van der Waals surface area contributed by atoms with Gasteiger partial charge in [0.25, 0.3) is 0 Å². The summed E-state index contributed by atoms with van der Waals surface area (Å²) in [5, 5.41) is 23.6. The number of aliphatic carboxylic acids is 1. The SMILES string of the molecule is CCC(C)C(N)C(=O)C(C)(C(C(=O)CN)C(=O)CN)C(C(=O)O)(C(=O)C(N)Cc1c[nH]c2ccccc12)N(C(=O)C(N)Cc1c[nH]c2ccccc12)C(=O)C(N)C(C)O. The number of carbonyl (C=O) groups is 7. The molecule has 2 amide bonds. The number of aromatic nitrogens is 2. The van der Waals surface area contributed by atoms with Gasteiger partial charge in [0.2, 0.25) is 17.4 Å². The van der Waals surface area contributed by atoms with Crippen LogP contribution in [-0.2, 0) is 46.4 Å². The number of carboxylic acids is 1. The number of fused-ring (bicyclic) bond motifs is 2. The number of nitrogens with two attached hydrogens (primary N) is 6. The first-order valence-electron chi connectivity index (χ1n) is 19.2. The maximum absolute atomic E-state index is 15.7. The van der Waals surface area contributed by atoms with Crippen molar-refractivity contribution in [1.82, 2.24) is 14.9 Å². The van der Waals surface area contributed by atoms with E-state index in [1.807, 2.05) is 0 Å². The number of imide groups is 1. The number of H-pyrrole nitrogens is 2. The molecule has 0 aliphatic carbocycles. The van der Waals surface area contributed by atoms with Crippen LogP contribution in [-0.4, -0.2) is 115 Å². The van der Waals surface area contributed by atoms with E-state index in [9.17, 15) is 29.4 Å². The molecule has 0 fully saturated rings. The summed E-state index contributed by atoms with van der Waals surface area (Å²) in [6.07, 6.45) is 0.594. The lowest BCUT2D eigenvalue weighted by atomic mass is 9.53. The highest BCUT2D eigenvalue weighted by Crippen LogP contribution is 2.48. The van der Waals surface area contributed by atoms with Crippen molar-refractivity contribution in [3.63, 3.8) is 0 Å². The van der Waals surface area contributed by atoms with Gasteiger partial charge in [-0.1, -0.05) is 56.7 Å². The molecule has 0 saturated carbocycles. The van der Waals surface area contributed by atoms with Gasteiger partial charge in [-0.15, -0.1) is 0 Å². The largest absolute Gasteiger partial charge is 0.479 e. The van der Waals surface area contributed by atoms with Crippen molar-refractivity contribution in [2.24, 2.45) is 51.7 Å². The number of amides is 2. The average molecular weight is 818 g/mol. The number of carbonyl (C=O) groups excluding carboxylic acids is 6. The van der Waals surface area contributed by atoms with Gasteiger partial charge < -0.3 is 54.6 Å². The van der Waals surface area contributed by atoms with Crippen LogP contribution in [0.15, 0.2) is 60.9 Å². The average Bonchev–Trinajstić information content (AvgIpc) is 3.83. The lowest BCUT2D eigenvalue weighted by Crippen LogP contribution is -2.81. The summed E-state index contributed by atoms with van der Waals surface area (Å²) in [4.78, 5) is 110. The number of hydrogen-bond donors (Lipinski definition) is 10. The Morgan fingerprint density at radius 2 is 1.17 bits per heavy atom. The highest BCUT2D eigenvalue weighted by molar-refractivity contribution is 6.24. The molecule has 2 aromatic carbocycles. The van der Waals surface area contributed by atoms with E-state index < -0.39 is 113 Å². The summed E-state index contributed by atoms with van der Waals surface area (Å²) in [5.74, 6) is -14.5. The lowest BCUT2D eigenvalue weighted by molar-refractivity contribution is -0.189. The molecule has 0 saturated heterocycles. The molecule has 0 aliphatic heterocycles. The maximum Gasteiger partial charge on any atom is 0.339 e. The fourth-order valence-corrected chi connectivity index (χ4v) is 7.95. The van der Waals surface area contributed by atoms with Gasteiger partial charge in [-0.05, 0) is 55.9 Å². The number of aromatic amines is 2. The summed E-state index contributed by atoms with van der Waals surface area (Å²) in [7, 11) is 0. The van der Waals surface area contributed by atoms with Crippen LogP contribution in [0.4, 0.5) is 0 Å². The number of benzene rings is 2. The molecule has 18 nitrogen and oxygen atoms in total. The number of para-hydroxylation sites is 2. The molecule has 18 heteroatoms. The van der Waals surface area contributed by atoms with Gasteiger partial charge in [0, 0.05) is 34.2 Å². The van der Waals surface area contributed by atoms with Crippen LogP contribution in [0.1, 0.15) is 45.2 Å². The predicted molar refractivity (Wildman–Crippen MR) is 219 cm³/mol. The number of Topliss-reactive ketones (excluding diaryl/α,β-unsaturated/α-hetero) is 4. The number of ketones is 4. The van der Waals surface area contributed by atoms with Gasteiger partial charge in [0.1, 0.15) is 6.04 Å². The molecule has 59 heavy (non-hydrogen) atoms. The Morgan fingerprint density at radius 3 is 1.59 bits per heavy atom. The van der Waals surface area contributed by atoms with Gasteiger partial charge >= 0.3 is 5.97 Å². The van der Waals surface area contributed by atoms with E-state index in [4.69, 9.17) is 34.4 Å². The van der Waals surface area contributed by atoms with Gasteiger partial charge in [-0.25, -0.2) is 4.79 Å². The predicted octanol–water partition coefficient (Wildman–Crippen LogP) is -0.835. The van der Waals surface area contributed by atoms with Crippen molar-refractivity contribution in [2.75, 3.05) is 13.1 Å². The second-order valence-electron chi connectivity index (χ2n) is 15.3. The standard InChI is InChI=1S/C41H55N9O9/c1-5-20(2)33(46)36(55)40(4,32(30(52)16-42)31(53)17-43)41(39(58)59,35(54)26(44)14-22-18-48-28-12-8-6-10-24(22)28)50(38(57)34(47)21(3)51)37(56)27(45)15-23-19-49-29-13-9-7-11-25(23)29/h6-13,18-21,26-27,32-34,48-49,51H,5,14-17,42-47H2,1-4H3,(H,58,59). The molecule has 8 atom stereocenters. The molecule has 0 spiro atoms. The van der Waals surface area contributed by atoms with Crippen molar-refractivity contribution in [1.29, 1.82) is 0 Å². The van der Waals surface area contributed by atoms with Crippen molar-refractivity contribution >= 4 is 62.7 Å². The number of nitrogens with one attached hydrogen (secondary N) is 2. The van der Waals surface area contributed by atoms with E-state index in [1.165, 1.54) is 19.3 Å². The summed E-state index contributed by atoms with van der Waals surface area (Å²) < 4.78 is 0. The number of rotatable bonds is 21. The zero-order valence-corrected chi connectivity index (χ0v) is 33.5. The minimum Gasteiger partial charge on any atom is -0.479 e. The van der Waals surface area contributed by atoms with Crippen LogP contribution >= 0.6 is 0 Å². The van der Waals surface area contributed by atoms with Crippen molar-refractivity contribution in [3.05, 3.63) is 72.1 Å². The van der Waals surface area contributed by atoms with E-state index in [0.717, 1.165) is 13.8 Å². The van der Waals surface area contributed by atoms with Gasteiger partial charge in [-0.3, -0.25) is 33.7 Å². The first-order valence-corrected chi connectivity index (χ1v) is 19.2. The van der Waals surface area contributed by atoms with Crippen molar-refractivity contribution < 1.29 is 43.8 Å². The molecule has 4 aromatic rings. The smallest absolute Gasteiger partial charge is 0.339 e. The molecule has 8 unspecified atom stereocenters. The van der Waals surface area contributed by atoms with E-state index in [2.05, 4.69) is 9.97 Å². The van der Waals surface area contributed by atoms with Gasteiger partial charge in [-0.2, -0.15) is 0 Å². The molecule has 2 heterocycles. The minimum atomic E-state index is -3.93. The number of aliphatic hydroxyl groups excluding tert-OH is 1. The molecule has 16 N–H and O–H groups in total. The van der Waals surface area contributed by atoms with Crippen LogP contribution in [0.25, 0.3) is 21.8 Å². The zero-order chi connectivity index (χ0) is 44.1. The molecule has 2 aromatic heterocycles. The normalized spacial score (nSPS) is 16.9. The van der Waals surface area contributed by atoms with Crippen molar-refractivity contribution in [3.8, 4) is 0 Å². The summed E-state index contributed by atoms with van der Waals surface area (Å²) >= 11 is 0. The first-order chi connectivity index (χ1) is 27.8. The molecular weight excluding hydrogens is 763 g/mol. The van der Waals surface area contributed by atoms with Crippen LogP contribution in [0.2, 0.25) is 0 Å². The Balaban J connectivity index is 2.18. The van der Waals surface area contributed by atoms with Crippen molar-refractivity contribution in [2.45, 2.75) is 82.8 Å². The molecule has 0 bridgehead atoms. The second kappa shape index (κ2) is 18.6. The second-order valence-corrected chi connectivity index (χ2v) is 15.3. The molecule has 0 radical (unpaired) electrons. The van der Waals surface area contributed by atoms with E-state index in [-0.39, 0.29) is 17.7 Å². The Hall–Kier alpha value is -5.47. The summed E-state index contributed by atoms with van der Waals surface area (Å²) in [6, 6.07) is 6.06. The quantitative estimate of drug-likeness (QED) is 0.0459. The van der Waals surface area contributed by atoms with Gasteiger partial charge in [0.15, 0.2) is 23.1 Å². The number of carboxylic acid groups (broad SMARTS) is 1. The Morgan fingerprint density at radius 1 is 0.712 bits per heavy atom. The van der Waals surface area contributed by atoms with Crippen LogP contribution in [0.5, 0.6) is 0 Å². The first kappa shape index (κ1) is 46.2. The highest BCUT2D eigenvalue weighted by Gasteiger charge is 2.74. The van der Waals surface area contributed by atoms with Crippen LogP contribution in [0, 0.1) is 17.3 Å². The Labute approximate surface area is 340 Å². The molecular formula is C41H55N9O9. The lowest BCUT2D eigenvalue weighted by Gasteiger charge is -2.53. The number of nitrogens with zero attached hydrogens (tertiary/aromatic N) is 1. The Bertz CT molecular complexity index is 2220. The van der Waals surface area contributed by atoms with Gasteiger partial charge in [0.05, 0.1) is 48.7 Å². The monoisotopic (exact) mass is 817 g/mol. The van der Waals surface area contributed by atoms with E-state index in [1.54, 1.807) is 55.5 Å². The summed E-state index contributed by atoms with van der Waals surface area (Å²) in [5.41, 5.74) is 32.4. The van der Waals surface area contributed by atoms with Crippen LogP contribution in [0.3, 0.4) is 0 Å². The van der Waals surface area contributed by atoms with Crippen LogP contribution < -0.4 is 34.4 Å². The third-order valence-electron chi connectivity index (χ3n) is 11.6. The zero-order valence-electron chi connectivity index (χ0n) is 33.5. The fraction of sp³-hybridized carbons (Fsp3) is 0.439. The number of aliphatic hydroxyl groups is 1.